The number of ether oxygens (including phenoxy) is 6. The topological polar surface area (TPSA) is 189 Å². The van der Waals surface area contributed by atoms with E-state index < -0.39 is 115 Å². The SMILES string of the molecule is CC1C[C@H](N(C)C)[C@@H](O)[C@H](O[C@@H]2[C@@H](C)C(=O)[C@@H](C)C(=O)OC[C@@]3(C)OC(=O)N[C@@H]3[C@@H](C)C(=O)[C@H](C)C[C@@]2(C)OC(=O)OC/C(F)=C/c2ccc3ncccc3c2)O1. The number of likely N-dealkylation sites (N-methyl/N-ethyl adjacent to an activating group) is 1. The number of amides is 1. The lowest BCUT2D eigenvalue weighted by Crippen LogP contribution is -2.60. The van der Waals surface area contributed by atoms with Crippen LogP contribution in [-0.2, 0) is 42.8 Å². The predicted octanol–water partition coefficient (Wildman–Crippen LogP) is 4.76. The molecule has 3 aliphatic heterocycles. The number of nitrogens with zero attached hydrogens (tertiary/aromatic N) is 2. The highest BCUT2D eigenvalue weighted by Gasteiger charge is 2.55. The summed E-state index contributed by atoms with van der Waals surface area (Å²) in [4.78, 5) is 74.0. The van der Waals surface area contributed by atoms with Crippen LogP contribution >= 0.6 is 0 Å². The molecule has 2 aromatic rings. The van der Waals surface area contributed by atoms with Crippen LogP contribution in [0.25, 0.3) is 17.0 Å². The number of hydrogen-bond acceptors (Lipinski definition) is 14. The second-order valence-electron chi connectivity index (χ2n) is 16.3. The van der Waals surface area contributed by atoms with E-state index in [2.05, 4.69) is 10.3 Å². The van der Waals surface area contributed by atoms with Gasteiger partial charge in [-0.2, -0.15) is 0 Å². The monoisotopic (exact) mass is 799 g/mol. The molecule has 0 radical (unpaired) electrons. The number of fused-ring (bicyclic) bond motifs is 2. The van der Waals surface area contributed by atoms with Crippen molar-refractivity contribution in [2.75, 3.05) is 27.3 Å². The quantitative estimate of drug-likeness (QED) is 0.222. The number of aromatic nitrogens is 1. The van der Waals surface area contributed by atoms with Crippen LogP contribution in [0.15, 0.2) is 42.4 Å². The fourth-order valence-corrected chi connectivity index (χ4v) is 8.24. The maximum atomic E-state index is 15.2. The van der Waals surface area contributed by atoms with E-state index in [1.165, 1.54) is 33.8 Å². The van der Waals surface area contributed by atoms with Crippen LogP contribution in [0.2, 0.25) is 0 Å². The number of pyridine rings is 1. The molecular formula is C41H54FN3O12. The number of carbonyl (C=O) groups is 5. The number of aliphatic hydroxyl groups is 1. The molecule has 3 aliphatic rings. The molecule has 16 heteroatoms. The first kappa shape index (κ1) is 43.6. The van der Waals surface area contributed by atoms with Gasteiger partial charge < -0.3 is 43.7 Å². The Balaban J connectivity index is 1.50. The Morgan fingerprint density at radius 1 is 1.07 bits per heavy atom. The van der Waals surface area contributed by atoms with Crippen molar-refractivity contribution < 1.29 is 61.9 Å². The van der Waals surface area contributed by atoms with Gasteiger partial charge in [-0.05, 0) is 84.5 Å². The average Bonchev–Trinajstić information content (AvgIpc) is 3.47. The van der Waals surface area contributed by atoms with E-state index in [1.54, 1.807) is 65.3 Å². The molecule has 57 heavy (non-hydrogen) atoms. The minimum Gasteiger partial charge on any atom is -0.461 e. The van der Waals surface area contributed by atoms with Crippen molar-refractivity contribution in [1.82, 2.24) is 15.2 Å². The highest BCUT2D eigenvalue weighted by molar-refractivity contribution is 6.00. The lowest BCUT2D eigenvalue weighted by molar-refractivity contribution is -0.293. The molecule has 3 fully saturated rings. The molecule has 1 amide bonds. The third-order valence-electron chi connectivity index (χ3n) is 11.3. The van der Waals surface area contributed by atoms with Crippen molar-refractivity contribution in [3.05, 3.63) is 47.9 Å². The Morgan fingerprint density at radius 2 is 1.79 bits per heavy atom. The lowest BCUT2D eigenvalue weighted by Gasteiger charge is -2.46. The number of cyclic esters (lactones) is 1. The van der Waals surface area contributed by atoms with Crippen LogP contribution in [-0.4, -0.2) is 120 Å². The molecule has 12 atom stereocenters. The molecule has 5 rings (SSSR count). The van der Waals surface area contributed by atoms with E-state index in [4.69, 9.17) is 28.4 Å². The zero-order valence-corrected chi connectivity index (χ0v) is 33.9. The largest absolute Gasteiger partial charge is 0.509 e. The number of halogens is 1. The highest BCUT2D eigenvalue weighted by atomic mass is 19.1. The molecule has 15 nitrogen and oxygen atoms in total. The van der Waals surface area contributed by atoms with E-state index in [-0.39, 0.29) is 12.2 Å². The van der Waals surface area contributed by atoms with E-state index in [9.17, 15) is 29.1 Å². The second-order valence-corrected chi connectivity index (χ2v) is 16.3. The predicted molar refractivity (Wildman–Crippen MR) is 203 cm³/mol. The van der Waals surface area contributed by atoms with Gasteiger partial charge in [-0.15, -0.1) is 0 Å². The van der Waals surface area contributed by atoms with Gasteiger partial charge >= 0.3 is 18.2 Å². The van der Waals surface area contributed by atoms with Gasteiger partial charge in [0.25, 0.3) is 0 Å². The van der Waals surface area contributed by atoms with Gasteiger partial charge in [-0.1, -0.05) is 32.9 Å². The zero-order valence-electron chi connectivity index (χ0n) is 33.9. The van der Waals surface area contributed by atoms with Gasteiger partial charge in [0.2, 0.25) is 0 Å². The Kier molecular flexibility index (Phi) is 13.4. The normalized spacial score (nSPS) is 35.8. The first-order chi connectivity index (χ1) is 26.7. The smallest absolute Gasteiger partial charge is 0.461 e. The molecule has 0 saturated carbocycles. The van der Waals surface area contributed by atoms with Gasteiger partial charge in [-0.25, -0.2) is 14.0 Å². The summed E-state index contributed by atoms with van der Waals surface area (Å²) in [6.45, 7) is 9.50. The fraction of sp³-hybridized carbons (Fsp3) is 0.610. The summed E-state index contributed by atoms with van der Waals surface area (Å²) >= 11 is 0. The third kappa shape index (κ3) is 9.79. The molecule has 3 saturated heterocycles. The van der Waals surface area contributed by atoms with E-state index in [0.29, 0.717) is 12.0 Å². The van der Waals surface area contributed by atoms with Gasteiger partial charge in [0.15, 0.2) is 17.7 Å². The molecular weight excluding hydrogens is 745 g/mol. The first-order valence-electron chi connectivity index (χ1n) is 19.2. The number of Topliss-reactive ketones (excluding diaryl/α,β-unsaturated/α-hetero) is 2. The number of rotatable bonds is 7. The number of nitrogens with one attached hydrogen (secondary N) is 1. The maximum Gasteiger partial charge on any atom is 0.509 e. The average molecular weight is 800 g/mol. The van der Waals surface area contributed by atoms with Crippen LogP contribution in [0.3, 0.4) is 0 Å². The summed E-state index contributed by atoms with van der Waals surface area (Å²) in [5.74, 6) is -7.27. The summed E-state index contributed by atoms with van der Waals surface area (Å²) in [5, 5.41) is 14.9. The van der Waals surface area contributed by atoms with Crippen molar-refractivity contribution in [2.24, 2.45) is 23.7 Å². The number of hydrogen-bond donors (Lipinski definition) is 2. The molecule has 2 N–H and O–H groups in total. The highest BCUT2D eigenvalue weighted by Crippen LogP contribution is 2.39. The zero-order chi connectivity index (χ0) is 42.0. The summed E-state index contributed by atoms with van der Waals surface area (Å²) in [6.07, 6.45) is -3.60. The Labute approximate surface area is 331 Å². The van der Waals surface area contributed by atoms with Crippen LogP contribution in [0.4, 0.5) is 14.0 Å². The van der Waals surface area contributed by atoms with Crippen LogP contribution < -0.4 is 5.32 Å². The minimum absolute atomic E-state index is 0.274. The van der Waals surface area contributed by atoms with Crippen molar-refractivity contribution >= 4 is 46.8 Å². The number of aliphatic hydroxyl groups excluding tert-OH is 1. The van der Waals surface area contributed by atoms with Crippen molar-refractivity contribution in [3.8, 4) is 0 Å². The molecule has 312 valence electrons. The molecule has 0 aliphatic carbocycles. The van der Waals surface area contributed by atoms with Crippen LogP contribution in [0, 0.1) is 23.7 Å². The van der Waals surface area contributed by atoms with Gasteiger partial charge in [0.05, 0.1) is 17.7 Å². The van der Waals surface area contributed by atoms with Crippen LogP contribution in [0.1, 0.15) is 66.9 Å². The maximum absolute atomic E-state index is 15.2. The second kappa shape index (κ2) is 17.5. The first-order valence-corrected chi connectivity index (χ1v) is 19.2. The summed E-state index contributed by atoms with van der Waals surface area (Å²) in [6, 6.07) is 7.33. The number of ketones is 2. The van der Waals surface area contributed by atoms with Gasteiger partial charge in [0.1, 0.15) is 48.6 Å². The van der Waals surface area contributed by atoms with Gasteiger partial charge in [0, 0.05) is 35.4 Å². The molecule has 1 aromatic heterocycles. The minimum atomic E-state index is -1.92. The summed E-state index contributed by atoms with van der Waals surface area (Å²) in [7, 11) is 3.57. The Bertz CT molecular complexity index is 1870. The molecule has 0 bridgehead atoms. The van der Waals surface area contributed by atoms with Crippen molar-refractivity contribution in [3.63, 3.8) is 0 Å². The number of alkyl carbamates (subject to hydrolysis) is 1. The third-order valence-corrected chi connectivity index (χ3v) is 11.3. The number of carbonyl (C=O) groups excluding carboxylic acids is 5. The number of benzene rings is 1. The van der Waals surface area contributed by atoms with Crippen molar-refractivity contribution in [1.29, 1.82) is 0 Å². The van der Waals surface area contributed by atoms with Gasteiger partial charge in [-0.3, -0.25) is 19.4 Å². The summed E-state index contributed by atoms with van der Waals surface area (Å²) in [5.41, 5.74) is -2.16. The Hall–Kier alpha value is -4.51. The van der Waals surface area contributed by atoms with Crippen molar-refractivity contribution in [2.45, 2.75) is 109 Å². The molecule has 1 unspecified atom stereocenters. The molecule has 4 heterocycles. The van der Waals surface area contributed by atoms with E-state index in [1.807, 2.05) is 11.0 Å². The lowest BCUT2D eigenvalue weighted by atomic mass is 9.74. The Morgan fingerprint density at radius 3 is 2.49 bits per heavy atom. The molecule has 0 spiro atoms. The molecule has 1 aromatic carbocycles. The fourth-order valence-electron chi connectivity index (χ4n) is 8.24. The van der Waals surface area contributed by atoms with E-state index >= 15 is 4.39 Å². The number of esters is 1. The standard InChI is InChI=1S/C41H54FN3O12/c1-21-18-40(6,57-39(51)52-19-28(42)17-26-12-13-29-27(16-26)11-10-14-43-29)35(55-37-33(48)30(45(8)9)15-22(2)54-37)24(4)32(47)25(5)36(49)53-20-41(7)34(23(3)31(21)46)44-38(50)56-41/h10-14,16-17,21-25,30,33-35,37,48H,15,18-20H2,1-9H3,(H,44,50)/b28-17-/t21-,22?,23+,24+,25-,30+,33-,34-,35-,37+,40-,41-/m1/s1. The van der Waals surface area contributed by atoms with E-state index in [0.717, 1.165) is 10.9 Å². The summed E-state index contributed by atoms with van der Waals surface area (Å²) < 4.78 is 50.1. The van der Waals surface area contributed by atoms with Crippen LogP contribution in [0.5, 0.6) is 0 Å².